The normalized spacial score (nSPS) is 12.1. The number of hydrogen-bond acceptors (Lipinski definition) is 6. The minimum absolute atomic E-state index is 0.132. The standard InChI is InChI=1S/C22H23FN2O5S2/c1-15(16-6-11-20(29-3)19(23)13-16)24-21(26)14-30-18-9-7-17(8-10-18)25(2)32(27,28)22-5-4-12-31-22/h4-13,15H,14H2,1-3H3,(H,24,26). The van der Waals surface area contributed by atoms with E-state index < -0.39 is 21.9 Å². The quantitative estimate of drug-likeness (QED) is 0.503. The first kappa shape index (κ1) is 23.6. The molecule has 3 rings (SSSR count). The van der Waals surface area contributed by atoms with Crippen LogP contribution in [0.3, 0.4) is 0 Å². The molecule has 1 aromatic heterocycles. The average molecular weight is 479 g/mol. The van der Waals surface area contributed by atoms with Gasteiger partial charge in [0.1, 0.15) is 9.96 Å². The highest BCUT2D eigenvalue weighted by molar-refractivity contribution is 7.94. The highest BCUT2D eigenvalue weighted by Gasteiger charge is 2.22. The van der Waals surface area contributed by atoms with E-state index in [0.29, 0.717) is 17.0 Å². The molecule has 2 aromatic carbocycles. The smallest absolute Gasteiger partial charge is 0.273 e. The summed E-state index contributed by atoms with van der Waals surface area (Å²) in [5.41, 5.74) is 1.06. The van der Waals surface area contributed by atoms with Crippen molar-refractivity contribution in [2.75, 3.05) is 25.1 Å². The molecule has 170 valence electrons. The first-order chi connectivity index (χ1) is 15.2. The van der Waals surface area contributed by atoms with E-state index in [2.05, 4.69) is 5.32 Å². The number of rotatable bonds is 9. The van der Waals surface area contributed by atoms with Gasteiger partial charge < -0.3 is 14.8 Å². The Hall–Kier alpha value is -3.11. The molecule has 0 aliphatic heterocycles. The number of methoxy groups -OCH3 is 1. The number of nitrogens with one attached hydrogen (secondary N) is 1. The van der Waals surface area contributed by atoms with Crippen LogP contribution in [0.2, 0.25) is 0 Å². The topological polar surface area (TPSA) is 84.9 Å². The summed E-state index contributed by atoms with van der Waals surface area (Å²) in [6.45, 7) is 1.49. The van der Waals surface area contributed by atoms with Crippen molar-refractivity contribution in [1.29, 1.82) is 0 Å². The van der Waals surface area contributed by atoms with Crippen LogP contribution in [0.25, 0.3) is 0 Å². The summed E-state index contributed by atoms with van der Waals surface area (Å²) in [6.07, 6.45) is 0. The zero-order valence-electron chi connectivity index (χ0n) is 17.7. The van der Waals surface area contributed by atoms with Crippen LogP contribution in [0.1, 0.15) is 18.5 Å². The van der Waals surface area contributed by atoms with Gasteiger partial charge in [0.15, 0.2) is 18.2 Å². The van der Waals surface area contributed by atoms with Crippen molar-refractivity contribution in [2.45, 2.75) is 17.2 Å². The number of ether oxygens (including phenoxy) is 2. The number of sulfonamides is 1. The number of anilines is 1. The molecule has 0 aliphatic rings. The third kappa shape index (κ3) is 5.38. The van der Waals surface area contributed by atoms with Crippen molar-refractivity contribution >= 4 is 33.0 Å². The summed E-state index contributed by atoms with van der Waals surface area (Å²) in [4.78, 5) is 12.2. The molecule has 0 bridgehead atoms. The van der Waals surface area contributed by atoms with Crippen LogP contribution in [-0.4, -0.2) is 35.1 Å². The van der Waals surface area contributed by atoms with Gasteiger partial charge in [0.05, 0.1) is 18.8 Å². The van der Waals surface area contributed by atoms with E-state index in [1.54, 1.807) is 54.8 Å². The summed E-state index contributed by atoms with van der Waals surface area (Å²) >= 11 is 1.15. The lowest BCUT2D eigenvalue weighted by Gasteiger charge is -2.19. The molecule has 0 spiro atoms. The molecule has 1 atom stereocenters. The number of hydrogen-bond donors (Lipinski definition) is 1. The van der Waals surface area contributed by atoms with Gasteiger partial charge in [0, 0.05) is 7.05 Å². The molecular weight excluding hydrogens is 455 g/mol. The zero-order chi connectivity index (χ0) is 23.3. The molecule has 1 unspecified atom stereocenters. The number of thiophene rings is 1. The minimum Gasteiger partial charge on any atom is -0.494 e. The molecule has 10 heteroatoms. The largest absolute Gasteiger partial charge is 0.494 e. The van der Waals surface area contributed by atoms with Crippen LogP contribution < -0.4 is 19.1 Å². The molecule has 0 saturated carbocycles. The van der Waals surface area contributed by atoms with E-state index >= 15 is 0 Å². The third-order valence-corrected chi connectivity index (χ3v) is 7.89. The van der Waals surface area contributed by atoms with E-state index in [9.17, 15) is 17.6 Å². The Balaban J connectivity index is 1.55. The lowest BCUT2D eigenvalue weighted by molar-refractivity contribution is -0.123. The van der Waals surface area contributed by atoms with E-state index in [4.69, 9.17) is 9.47 Å². The molecule has 3 aromatic rings. The number of benzene rings is 2. The van der Waals surface area contributed by atoms with Crippen LogP contribution in [0.5, 0.6) is 11.5 Å². The van der Waals surface area contributed by atoms with Gasteiger partial charge in [-0.1, -0.05) is 12.1 Å². The summed E-state index contributed by atoms with van der Waals surface area (Å²) < 4.78 is 50.9. The molecule has 32 heavy (non-hydrogen) atoms. The molecule has 0 aliphatic carbocycles. The van der Waals surface area contributed by atoms with Crippen molar-refractivity contribution in [2.24, 2.45) is 0 Å². The second-order valence-corrected chi connectivity index (χ2v) is 10.0. The van der Waals surface area contributed by atoms with Crippen LogP contribution in [0.4, 0.5) is 10.1 Å². The molecule has 0 radical (unpaired) electrons. The fraction of sp³-hybridized carbons (Fsp3) is 0.227. The zero-order valence-corrected chi connectivity index (χ0v) is 19.4. The first-order valence-corrected chi connectivity index (χ1v) is 11.9. The lowest BCUT2D eigenvalue weighted by atomic mass is 10.1. The number of carbonyl (C=O) groups excluding carboxylic acids is 1. The number of amides is 1. The number of carbonyl (C=O) groups is 1. The van der Waals surface area contributed by atoms with Crippen molar-refractivity contribution < 1.29 is 27.1 Å². The fourth-order valence-corrected chi connectivity index (χ4v) is 5.26. The van der Waals surface area contributed by atoms with Crippen molar-refractivity contribution in [3.63, 3.8) is 0 Å². The number of halogens is 1. The number of nitrogens with zero attached hydrogens (tertiary/aromatic N) is 1. The Bertz CT molecular complexity index is 1170. The maximum Gasteiger partial charge on any atom is 0.273 e. The summed E-state index contributed by atoms with van der Waals surface area (Å²) in [5, 5.41) is 4.44. The Morgan fingerprint density at radius 3 is 2.50 bits per heavy atom. The lowest BCUT2D eigenvalue weighted by Crippen LogP contribution is -2.31. The molecular formula is C22H23FN2O5S2. The Labute approximate surface area is 190 Å². The monoisotopic (exact) mass is 478 g/mol. The summed E-state index contributed by atoms with van der Waals surface area (Å²) in [7, 11) is -0.766. The summed E-state index contributed by atoms with van der Waals surface area (Å²) in [5.74, 6) is -0.342. The van der Waals surface area contributed by atoms with Crippen molar-refractivity contribution in [3.05, 3.63) is 71.4 Å². The summed E-state index contributed by atoms with van der Waals surface area (Å²) in [6, 6.07) is 13.7. The second kappa shape index (κ2) is 10.0. The van der Waals surface area contributed by atoms with E-state index in [0.717, 1.165) is 11.3 Å². The Morgan fingerprint density at radius 1 is 1.19 bits per heavy atom. The van der Waals surface area contributed by atoms with Crippen LogP contribution in [0.15, 0.2) is 64.2 Å². The maximum absolute atomic E-state index is 13.9. The van der Waals surface area contributed by atoms with Gasteiger partial charge in [-0.3, -0.25) is 9.10 Å². The van der Waals surface area contributed by atoms with E-state index in [-0.39, 0.29) is 22.5 Å². The van der Waals surface area contributed by atoms with Gasteiger partial charge in [0.2, 0.25) is 0 Å². The van der Waals surface area contributed by atoms with E-state index in [1.165, 1.54) is 30.6 Å². The van der Waals surface area contributed by atoms with Crippen LogP contribution >= 0.6 is 11.3 Å². The highest BCUT2D eigenvalue weighted by Crippen LogP contribution is 2.26. The van der Waals surface area contributed by atoms with Gasteiger partial charge in [0.25, 0.3) is 15.9 Å². The van der Waals surface area contributed by atoms with Crippen LogP contribution in [-0.2, 0) is 14.8 Å². The van der Waals surface area contributed by atoms with Gasteiger partial charge in [-0.2, -0.15) is 0 Å². The second-order valence-electron chi connectivity index (χ2n) is 6.87. The van der Waals surface area contributed by atoms with Gasteiger partial charge in [-0.05, 0) is 60.3 Å². The van der Waals surface area contributed by atoms with Gasteiger partial charge in [-0.15, -0.1) is 11.3 Å². The van der Waals surface area contributed by atoms with Gasteiger partial charge in [-0.25, -0.2) is 12.8 Å². The van der Waals surface area contributed by atoms with Gasteiger partial charge >= 0.3 is 0 Å². The van der Waals surface area contributed by atoms with E-state index in [1.807, 2.05) is 0 Å². The predicted octanol–water partition coefficient (Wildman–Crippen LogP) is 3.98. The van der Waals surface area contributed by atoms with Crippen molar-refractivity contribution in [3.8, 4) is 11.5 Å². The molecule has 1 heterocycles. The average Bonchev–Trinajstić information content (AvgIpc) is 3.33. The minimum atomic E-state index is -3.62. The fourth-order valence-electron chi connectivity index (χ4n) is 2.90. The molecule has 1 N–H and O–H groups in total. The first-order valence-electron chi connectivity index (χ1n) is 9.60. The molecule has 1 amide bonds. The molecule has 7 nitrogen and oxygen atoms in total. The van der Waals surface area contributed by atoms with Crippen LogP contribution in [0, 0.1) is 5.82 Å². The molecule has 0 saturated heterocycles. The Morgan fingerprint density at radius 2 is 1.91 bits per heavy atom. The maximum atomic E-state index is 13.9. The Kier molecular flexibility index (Phi) is 7.37. The van der Waals surface area contributed by atoms with Crippen molar-refractivity contribution in [1.82, 2.24) is 5.32 Å². The molecule has 0 fully saturated rings. The highest BCUT2D eigenvalue weighted by atomic mass is 32.2. The predicted molar refractivity (Wildman–Crippen MR) is 121 cm³/mol. The SMILES string of the molecule is COc1ccc(C(C)NC(=O)COc2ccc(N(C)S(=O)(=O)c3cccs3)cc2)cc1F. The third-order valence-electron chi connectivity index (χ3n) is 4.73.